The summed E-state index contributed by atoms with van der Waals surface area (Å²) >= 11 is 6.10. The predicted octanol–water partition coefficient (Wildman–Crippen LogP) is 3.30. The molecule has 1 aromatic carbocycles. The number of phenolic OH excluding ortho intramolecular Hbond substituents is 1. The lowest BCUT2D eigenvalue weighted by Gasteiger charge is -2.36. The monoisotopic (exact) mass is 221 g/mol. The first kappa shape index (κ1) is 10.3. The Morgan fingerprint density at radius 2 is 2.13 bits per heavy atom. The molecule has 2 nitrogen and oxygen atoms in total. The minimum absolute atomic E-state index is 0.154. The molecule has 1 aliphatic rings. The highest BCUT2D eigenvalue weighted by molar-refractivity contribution is 6.31. The van der Waals surface area contributed by atoms with Gasteiger partial charge in [-0.3, -0.25) is 0 Å². The number of nitrogens with zero attached hydrogens (tertiary/aromatic N) is 1. The van der Waals surface area contributed by atoms with Crippen LogP contribution in [-0.4, -0.2) is 5.11 Å². The first-order chi connectivity index (χ1) is 7.09. The van der Waals surface area contributed by atoms with Crippen LogP contribution < -0.4 is 0 Å². The van der Waals surface area contributed by atoms with E-state index in [4.69, 9.17) is 11.6 Å². The fraction of sp³-hybridized carbons (Fsp3) is 0.417. The molecular formula is C12H12ClNO. The zero-order valence-corrected chi connectivity index (χ0v) is 9.30. The smallest absolute Gasteiger partial charge is 0.122 e. The van der Waals surface area contributed by atoms with E-state index in [1.165, 1.54) is 0 Å². The van der Waals surface area contributed by atoms with E-state index >= 15 is 0 Å². The first-order valence-electron chi connectivity index (χ1n) is 5.00. The lowest BCUT2D eigenvalue weighted by atomic mass is 9.65. The molecule has 2 rings (SSSR count). The molecule has 1 saturated carbocycles. The molecule has 0 heterocycles. The summed E-state index contributed by atoms with van der Waals surface area (Å²) in [7, 11) is 0. The average Bonchev–Trinajstić information content (AvgIpc) is 2.07. The lowest BCUT2D eigenvalue weighted by Crippen LogP contribution is -2.32. The van der Waals surface area contributed by atoms with E-state index in [0.717, 1.165) is 24.8 Å². The van der Waals surface area contributed by atoms with Crippen molar-refractivity contribution in [3.63, 3.8) is 0 Å². The molecule has 0 radical (unpaired) electrons. The Hall–Kier alpha value is -1.20. The Kier molecular flexibility index (Phi) is 2.36. The molecule has 78 valence electrons. The highest BCUT2D eigenvalue weighted by atomic mass is 35.5. The summed E-state index contributed by atoms with van der Waals surface area (Å²) in [6.07, 6.45) is 2.61. The normalized spacial score (nSPS) is 17.9. The third-order valence-electron chi connectivity index (χ3n) is 3.11. The molecule has 0 atom stereocenters. The average molecular weight is 222 g/mol. The highest BCUT2D eigenvalue weighted by Crippen LogP contribution is 2.49. The molecule has 0 aliphatic heterocycles. The fourth-order valence-electron chi connectivity index (χ4n) is 2.15. The van der Waals surface area contributed by atoms with Gasteiger partial charge in [-0.15, -0.1) is 0 Å². The summed E-state index contributed by atoms with van der Waals surface area (Å²) in [4.78, 5) is 0. The number of hydrogen-bond donors (Lipinski definition) is 1. The number of halogens is 1. The maximum Gasteiger partial charge on any atom is 0.122 e. The van der Waals surface area contributed by atoms with Crippen molar-refractivity contribution in [2.24, 2.45) is 0 Å². The van der Waals surface area contributed by atoms with Gasteiger partial charge in [-0.1, -0.05) is 11.6 Å². The molecule has 1 N–H and O–H groups in total. The van der Waals surface area contributed by atoms with Crippen molar-refractivity contribution >= 4 is 11.6 Å². The molecule has 0 unspecified atom stereocenters. The van der Waals surface area contributed by atoms with Crippen molar-refractivity contribution in [3.05, 3.63) is 28.3 Å². The van der Waals surface area contributed by atoms with E-state index in [-0.39, 0.29) is 5.75 Å². The standard InChI is InChI=1S/C12H12ClNO/c1-8-5-9(13)11(10(15)6-8)12(7-14)3-2-4-12/h5-6,15H,2-4H2,1H3. The SMILES string of the molecule is Cc1cc(O)c(C2(C#N)CCC2)c(Cl)c1. The van der Waals surface area contributed by atoms with Gasteiger partial charge in [0, 0.05) is 10.6 Å². The molecule has 1 aliphatic carbocycles. The van der Waals surface area contributed by atoms with Crippen molar-refractivity contribution in [1.82, 2.24) is 0 Å². The minimum atomic E-state index is -0.547. The summed E-state index contributed by atoms with van der Waals surface area (Å²) < 4.78 is 0. The molecule has 1 aromatic rings. The number of benzene rings is 1. The van der Waals surface area contributed by atoms with Crippen molar-refractivity contribution < 1.29 is 5.11 Å². The molecule has 0 spiro atoms. The third kappa shape index (κ3) is 1.48. The minimum Gasteiger partial charge on any atom is -0.508 e. The molecule has 15 heavy (non-hydrogen) atoms. The van der Waals surface area contributed by atoms with Gasteiger partial charge >= 0.3 is 0 Å². The molecule has 3 heteroatoms. The van der Waals surface area contributed by atoms with Gasteiger partial charge in [0.05, 0.1) is 11.5 Å². The van der Waals surface area contributed by atoms with Crippen molar-refractivity contribution in [2.45, 2.75) is 31.6 Å². The second kappa shape index (κ2) is 3.43. The third-order valence-corrected chi connectivity index (χ3v) is 3.41. The van der Waals surface area contributed by atoms with E-state index in [1.807, 2.05) is 6.92 Å². The van der Waals surface area contributed by atoms with Crippen LogP contribution >= 0.6 is 11.6 Å². The highest BCUT2D eigenvalue weighted by Gasteiger charge is 2.42. The number of nitriles is 1. The fourth-order valence-corrected chi connectivity index (χ4v) is 2.60. The first-order valence-corrected chi connectivity index (χ1v) is 5.38. The van der Waals surface area contributed by atoms with E-state index in [1.54, 1.807) is 12.1 Å². The van der Waals surface area contributed by atoms with E-state index in [9.17, 15) is 10.4 Å². The summed E-state index contributed by atoms with van der Waals surface area (Å²) in [5, 5.41) is 19.6. The Morgan fingerprint density at radius 1 is 1.47 bits per heavy atom. The van der Waals surface area contributed by atoms with Gasteiger partial charge in [0.25, 0.3) is 0 Å². The van der Waals surface area contributed by atoms with Crippen LogP contribution in [0.2, 0.25) is 5.02 Å². The number of phenols is 1. The maximum atomic E-state index is 9.87. The van der Waals surface area contributed by atoms with E-state index in [0.29, 0.717) is 10.6 Å². The van der Waals surface area contributed by atoms with Crippen LogP contribution in [0.5, 0.6) is 5.75 Å². The number of hydrogen-bond acceptors (Lipinski definition) is 2. The Morgan fingerprint density at radius 3 is 2.53 bits per heavy atom. The molecule has 0 aromatic heterocycles. The zero-order valence-electron chi connectivity index (χ0n) is 8.55. The number of aryl methyl sites for hydroxylation is 1. The Bertz CT molecular complexity index is 420. The molecule has 0 bridgehead atoms. The van der Waals surface area contributed by atoms with Gasteiger partial charge in [-0.05, 0) is 43.9 Å². The van der Waals surface area contributed by atoms with Crippen LogP contribution in [0.4, 0.5) is 0 Å². The van der Waals surface area contributed by atoms with E-state index < -0.39 is 5.41 Å². The van der Waals surface area contributed by atoms with Crippen LogP contribution in [0.25, 0.3) is 0 Å². The summed E-state index contributed by atoms with van der Waals surface area (Å²) in [6.45, 7) is 1.87. The lowest BCUT2D eigenvalue weighted by molar-refractivity contribution is 0.311. The van der Waals surface area contributed by atoms with Crippen molar-refractivity contribution in [1.29, 1.82) is 5.26 Å². The van der Waals surface area contributed by atoms with Gasteiger partial charge < -0.3 is 5.11 Å². The van der Waals surface area contributed by atoms with Crippen molar-refractivity contribution in [2.75, 3.05) is 0 Å². The number of rotatable bonds is 1. The quantitative estimate of drug-likeness (QED) is 0.791. The number of aromatic hydroxyl groups is 1. The molecule has 1 fully saturated rings. The summed E-state index contributed by atoms with van der Waals surface area (Å²) in [5.74, 6) is 0.154. The van der Waals surface area contributed by atoms with E-state index in [2.05, 4.69) is 6.07 Å². The van der Waals surface area contributed by atoms with Crippen LogP contribution in [0, 0.1) is 18.3 Å². The van der Waals surface area contributed by atoms with Gasteiger partial charge in [-0.25, -0.2) is 0 Å². The van der Waals surface area contributed by atoms with Gasteiger partial charge in [0.15, 0.2) is 0 Å². The van der Waals surface area contributed by atoms with Crippen LogP contribution in [-0.2, 0) is 5.41 Å². The zero-order chi connectivity index (χ0) is 11.1. The Labute approximate surface area is 94.1 Å². The van der Waals surface area contributed by atoms with Crippen LogP contribution in [0.3, 0.4) is 0 Å². The molecule has 0 amide bonds. The van der Waals surface area contributed by atoms with Gasteiger partial charge in [0.1, 0.15) is 5.75 Å². The summed E-state index contributed by atoms with van der Waals surface area (Å²) in [5.41, 5.74) is 0.978. The predicted molar refractivity (Wildman–Crippen MR) is 59.0 cm³/mol. The topological polar surface area (TPSA) is 44.0 Å². The molecule has 0 saturated heterocycles. The Balaban J connectivity index is 2.58. The second-order valence-electron chi connectivity index (χ2n) is 4.19. The van der Waals surface area contributed by atoms with Crippen molar-refractivity contribution in [3.8, 4) is 11.8 Å². The van der Waals surface area contributed by atoms with Crippen LogP contribution in [0.15, 0.2) is 12.1 Å². The molecular weight excluding hydrogens is 210 g/mol. The maximum absolute atomic E-state index is 9.87. The van der Waals surface area contributed by atoms with Crippen LogP contribution in [0.1, 0.15) is 30.4 Å². The van der Waals surface area contributed by atoms with Gasteiger partial charge in [-0.2, -0.15) is 5.26 Å². The second-order valence-corrected chi connectivity index (χ2v) is 4.60. The largest absolute Gasteiger partial charge is 0.508 e. The summed E-state index contributed by atoms with van der Waals surface area (Å²) in [6, 6.07) is 5.75. The van der Waals surface area contributed by atoms with Gasteiger partial charge in [0.2, 0.25) is 0 Å².